The first-order valence-electron chi connectivity index (χ1n) is 9.40. The summed E-state index contributed by atoms with van der Waals surface area (Å²) in [5.41, 5.74) is 0.649. The van der Waals surface area contributed by atoms with Crippen molar-refractivity contribution in [1.29, 1.82) is 0 Å². The Bertz CT molecular complexity index is 739. The molecule has 1 aromatic carbocycles. The van der Waals surface area contributed by atoms with Gasteiger partial charge in [-0.15, -0.1) is 11.3 Å². The van der Waals surface area contributed by atoms with Gasteiger partial charge >= 0.3 is 0 Å². The van der Waals surface area contributed by atoms with Gasteiger partial charge < -0.3 is 15.0 Å². The Labute approximate surface area is 158 Å². The molecule has 0 radical (unpaired) electrons. The van der Waals surface area contributed by atoms with Gasteiger partial charge in [-0.2, -0.15) is 0 Å². The van der Waals surface area contributed by atoms with Crippen LogP contribution in [0.4, 0.5) is 4.39 Å². The summed E-state index contributed by atoms with van der Waals surface area (Å²) in [7, 11) is 1.56. The molecule has 1 aromatic heterocycles. The number of amides is 1. The van der Waals surface area contributed by atoms with Crippen LogP contribution in [0.25, 0.3) is 10.1 Å². The highest BCUT2D eigenvalue weighted by Gasteiger charge is 2.20. The molecule has 1 amide bonds. The number of carbonyl (C=O) groups excluding carboxylic acids is 1. The molecule has 0 unspecified atom stereocenters. The number of benzene rings is 1. The normalized spacial score (nSPS) is 15.9. The highest BCUT2D eigenvalue weighted by atomic mass is 32.1. The van der Waals surface area contributed by atoms with Crippen LogP contribution in [0.3, 0.4) is 0 Å². The number of rotatable bonds is 7. The molecular weight excluding hydrogens is 351 g/mol. The summed E-state index contributed by atoms with van der Waals surface area (Å²) < 4.78 is 20.2. The minimum Gasteiger partial charge on any atom is -0.380 e. The van der Waals surface area contributed by atoms with E-state index in [1.165, 1.54) is 56.2 Å². The minimum absolute atomic E-state index is 0.131. The number of thiophene rings is 1. The fourth-order valence-electron chi connectivity index (χ4n) is 3.58. The summed E-state index contributed by atoms with van der Waals surface area (Å²) in [6, 6.07) is 4.95. The quantitative estimate of drug-likeness (QED) is 0.735. The van der Waals surface area contributed by atoms with E-state index in [4.69, 9.17) is 4.74 Å². The van der Waals surface area contributed by atoms with Crippen molar-refractivity contribution < 1.29 is 13.9 Å². The van der Waals surface area contributed by atoms with Crippen molar-refractivity contribution in [2.45, 2.75) is 38.7 Å². The van der Waals surface area contributed by atoms with Gasteiger partial charge in [-0.05, 0) is 51.0 Å². The zero-order valence-electron chi connectivity index (χ0n) is 15.4. The molecule has 6 heteroatoms. The van der Waals surface area contributed by atoms with Gasteiger partial charge in [0.15, 0.2) is 0 Å². The second-order valence-corrected chi connectivity index (χ2v) is 7.87. The van der Waals surface area contributed by atoms with Crippen LogP contribution in [0.1, 0.15) is 47.3 Å². The lowest BCUT2D eigenvalue weighted by Crippen LogP contribution is -2.30. The minimum atomic E-state index is -0.300. The molecule has 26 heavy (non-hydrogen) atoms. The largest absolute Gasteiger partial charge is 0.380 e. The maximum atomic E-state index is 14.2. The Balaban J connectivity index is 1.60. The third kappa shape index (κ3) is 4.61. The molecule has 0 aliphatic carbocycles. The fourth-order valence-corrected chi connectivity index (χ4v) is 4.72. The third-order valence-corrected chi connectivity index (χ3v) is 6.09. The van der Waals surface area contributed by atoms with Crippen molar-refractivity contribution in [3.63, 3.8) is 0 Å². The van der Waals surface area contributed by atoms with Gasteiger partial charge in [0.2, 0.25) is 0 Å². The van der Waals surface area contributed by atoms with Crippen LogP contribution in [-0.4, -0.2) is 44.1 Å². The number of ether oxygens (including phenoxy) is 1. The number of fused-ring (bicyclic) bond motifs is 1. The van der Waals surface area contributed by atoms with E-state index >= 15 is 0 Å². The van der Waals surface area contributed by atoms with Crippen LogP contribution in [0.2, 0.25) is 0 Å². The maximum absolute atomic E-state index is 14.2. The first-order chi connectivity index (χ1) is 12.7. The fraction of sp³-hybridized carbons (Fsp3) is 0.550. The molecule has 0 bridgehead atoms. The molecule has 0 saturated carbocycles. The summed E-state index contributed by atoms with van der Waals surface area (Å²) in [5.74, 6) is -0.431. The molecular formula is C20H27FN2O2S. The predicted molar refractivity (Wildman–Crippen MR) is 104 cm³/mol. The van der Waals surface area contributed by atoms with E-state index in [1.807, 2.05) is 6.07 Å². The average Bonchev–Trinajstić information content (AvgIpc) is 2.82. The third-order valence-electron chi connectivity index (χ3n) is 4.89. The highest BCUT2D eigenvalue weighted by Crippen LogP contribution is 2.33. The molecule has 2 heterocycles. The molecule has 1 aliphatic heterocycles. The first-order valence-corrected chi connectivity index (χ1v) is 10.2. The zero-order valence-corrected chi connectivity index (χ0v) is 16.2. The molecule has 1 aliphatic rings. The smallest absolute Gasteiger partial charge is 0.261 e. The standard InChI is InChI=1S/C20H27FN2O2S/c1-25-14-15-18-16(21)8-6-9-17(18)26-19(15)20(24)22-10-7-13-23-11-4-2-3-5-12-23/h6,8-9H,2-5,7,10-14H2,1H3,(H,22,24). The Morgan fingerprint density at radius 1 is 1.27 bits per heavy atom. The molecule has 1 N–H and O–H groups in total. The summed E-state index contributed by atoms with van der Waals surface area (Å²) in [6.45, 7) is 4.23. The molecule has 3 rings (SSSR count). The number of carbonyl (C=O) groups is 1. The van der Waals surface area contributed by atoms with E-state index in [1.54, 1.807) is 13.2 Å². The number of hydrogen-bond donors (Lipinski definition) is 1. The molecule has 1 saturated heterocycles. The number of hydrogen-bond acceptors (Lipinski definition) is 4. The van der Waals surface area contributed by atoms with Gasteiger partial charge in [0.1, 0.15) is 5.82 Å². The number of methoxy groups -OCH3 is 1. The Morgan fingerprint density at radius 3 is 2.77 bits per heavy atom. The molecule has 1 fully saturated rings. The number of halogens is 1. The van der Waals surface area contributed by atoms with Crippen molar-refractivity contribution >= 4 is 27.3 Å². The number of nitrogens with zero attached hydrogens (tertiary/aromatic N) is 1. The van der Waals surface area contributed by atoms with E-state index in [0.29, 0.717) is 22.4 Å². The van der Waals surface area contributed by atoms with E-state index in [2.05, 4.69) is 10.2 Å². The lowest BCUT2D eigenvalue weighted by atomic mass is 10.1. The molecule has 2 aromatic rings. The van der Waals surface area contributed by atoms with E-state index in [0.717, 1.165) is 17.7 Å². The van der Waals surface area contributed by atoms with Gasteiger partial charge in [-0.1, -0.05) is 18.9 Å². The molecule has 142 valence electrons. The van der Waals surface area contributed by atoms with Crippen LogP contribution in [0.5, 0.6) is 0 Å². The Morgan fingerprint density at radius 2 is 2.04 bits per heavy atom. The summed E-state index contributed by atoms with van der Waals surface area (Å²) >= 11 is 1.33. The van der Waals surface area contributed by atoms with Crippen molar-refractivity contribution in [3.05, 3.63) is 34.5 Å². The van der Waals surface area contributed by atoms with Crippen LogP contribution >= 0.6 is 11.3 Å². The summed E-state index contributed by atoms with van der Waals surface area (Å²) in [5, 5.41) is 3.51. The Hall–Kier alpha value is -1.50. The SMILES string of the molecule is COCc1c(C(=O)NCCCN2CCCCCC2)sc2cccc(F)c12. The van der Waals surface area contributed by atoms with Crippen LogP contribution in [-0.2, 0) is 11.3 Å². The predicted octanol–water partition coefficient (Wildman–Crippen LogP) is 4.18. The van der Waals surface area contributed by atoms with Crippen LogP contribution < -0.4 is 5.32 Å². The van der Waals surface area contributed by atoms with Crippen molar-refractivity contribution in [2.24, 2.45) is 0 Å². The lowest BCUT2D eigenvalue weighted by molar-refractivity contribution is 0.0951. The first kappa shape index (κ1) is 19.3. The van der Waals surface area contributed by atoms with Crippen LogP contribution in [0, 0.1) is 5.82 Å². The van der Waals surface area contributed by atoms with E-state index < -0.39 is 0 Å². The van der Waals surface area contributed by atoms with Gasteiger partial charge in [-0.3, -0.25) is 4.79 Å². The molecule has 0 spiro atoms. The topological polar surface area (TPSA) is 41.6 Å². The highest BCUT2D eigenvalue weighted by molar-refractivity contribution is 7.21. The van der Waals surface area contributed by atoms with Crippen molar-refractivity contribution in [1.82, 2.24) is 10.2 Å². The van der Waals surface area contributed by atoms with Gasteiger partial charge in [0.05, 0.1) is 11.5 Å². The number of likely N-dealkylation sites (tertiary alicyclic amines) is 1. The maximum Gasteiger partial charge on any atom is 0.261 e. The van der Waals surface area contributed by atoms with Gasteiger partial charge in [0, 0.05) is 29.3 Å². The Kier molecular flexibility index (Phi) is 7.00. The monoisotopic (exact) mass is 378 g/mol. The second-order valence-electron chi connectivity index (χ2n) is 6.82. The van der Waals surface area contributed by atoms with E-state index in [-0.39, 0.29) is 18.3 Å². The van der Waals surface area contributed by atoms with Gasteiger partial charge in [0.25, 0.3) is 5.91 Å². The van der Waals surface area contributed by atoms with Crippen LogP contribution in [0.15, 0.2) is 18.2 Å². The lowest BCUT2D eigenvalue weighted by Gasteiger charge is -2.19. The summed E-state index contributed by atoms with van der Waals surface area (Å²) in [6.07, 6.45) is 6.15. The number of nitrogens with one attached hydrogen (secondary N) is 1. The molecule has 0 atom stereocenters. The van der Waals surface area contributed by atoms with Gasteiger partial charge in [-0.25, -0.2) is 4.39 Å². The average molecular weight is 379 g/mol. The van der Waals surface area contributed by atoms with Crippen molar-refractivity contribution in [2.75, 3.05) is 33.3 Å². The summed E-state index contributed by atoms with van der Waals surface area (Å²) in [4.78, 5) is 15.7. The second kappa shape index (κ2) is 9.44. The van der Waals surface area contributed by atoms with Crippen molar-refractivity contribution in [3.8, 4) is 0 Å². The molecule has 4 nitrogen and oxygen atoms in total. The zero-order chi connectivity index (χ0) is 18.4. The van der Waals surface area contributed by atoms with E-state index in [9.17, 15) is 9.18 Å².